The van der Waals surface area contributed by atoms with Crippen molar-refractivity contribution in [2.75, 3.05) is 0 Å². The number of imidazole rings is 1. The number of nitrogens with zero attached hydrogens (tertiary/aromatic N) is 3. The maximum absolute atomic E-state index is 13.5. The zero-order chi connectivity index (χ0) is 12.7. The van der Waals surface area contributed by atoms with Crippen LogP contribution in [0.2, 0.25) is 0 Å². The Balaban J connectivity index is 2.11. The Bertz CT molecular complexity index is 687. The van der Waals surface area contributed by atoms with Crippen molar-refractivity contribution in [3.63, 3.8) is 0 Å². The quantitative estimate of drug-likeness (QED) is 0.757. The monoisotopic (exact) mass is 248 g/mol. The highest BCUT2D eigenvalue weighted by Crippen LogP contribution is 2.22. The van der Waals surface area contributed by atoms with Gasteiger partial charge in [0.25, 0.3) is 0 Å². The van der Waals surface area contributed by atoms with E-state index in [0.717, 1.165) is 6.07 Å². The van der Waals surface area contributed by atoms with Gasteiger partial charge in [0.1, 0.15) is 17.4 Å². The first-order valence-corrected chi connectivity index (χ1v) is 5.49. The van der Waals surface area contributed by atoms with Crippen molar-refractivity contribution in [1.82, 2.24) is 19.7 Å². The number of aromatic nitrogens is 4. The lowest BCUT2D eigenvalue weighted by Gasteiger charge is -2.08. The minimum Gasteiger partial charge on any atom is -0.340 e. The average molecular weight is 248 g/mol. The number of nitrogens with one attached hydrogen (secondary N) is 1. The predicted molar refractivity (Wildman–Crippen MR) is 62.0 cm³/mol. The van der Waals surface area contributed by atoms with Crippen molar-refractivity contribution in [3.8, 4) is 0 Å². The first-order chi connectivity index (χ1) is 8.66. The second kappa shape index (κ2) is 3.90. The molecule has 18 heavy (non-hydrogen) atoms. The molecule has 1 atom stereocenters. The lowest BCUT2D eigenvalue weighted by molar-refractivity contribution is 0.514. The molecule has 2 aromatic heterocycles. The zero-order valence-electron chi connectivity index (χ0n) is 9.56. The number of fused-ring (bicyclic) bond motifs is 1. The number of aromatic amines is 1. The molecule has 6 heteroatoms. The zero-order valence-corrected chi connectivity index (χ0v) is 9.56. The number of H-pyrrole nitrogens is 1. The SMILES string of the molecule is CC(c1nc2c(F)c(F)ccc2[nH]1)n1cccn1. The van der Waals surface area contributed by atoms with Crippen molar-refractivity contribution in [2.45, 2.75) is 13.0 Å². The number of halogens is 2. The van der Waals surface area contributed by atoms with Gasteiger partial charge in [0.15, 0.2) is 11.6 Å². The molecule has 0 aliphatic heterocycles. The molecule has 2 heterocycles. The smallest absolute Gasteiger partial charge is 0.186 e. The standard InChI is InChI=1S/C12H10F2N4/c1-7(18-6-2-5-15-18)12-16-9-4-3-8(13)10(14)11(9)17-12/h2-7H,1H3,(H,16,17). The van der Waals surface area contributed by atoms with Gasteiger partial charge >= 0.3 is 0 Å². The van der Waals surface area contributed by atoms with Gasteiger partial charge in [0.05, 0.1) is 5.52 Å². The lowest BCUT2D eigenvalue weighted by Crippen LogP contribution is -2.08. The molecule has 0 spiro atoms. The maximum Gasteiger partial charge on any atom is 0.186 e. The molecule has 0 aliphatic carbocycles. The molecule has 0 radical (unpaired) electrons. The molecule has 1 aromatic carbocycles. The van der Waals surface area contributed by atoms with Crippen LogP contribution in [0.25, 0.3) is 11.0 Å². The van der Waals surface area contributed by atoms with E-state index in [1.54, 1.807) is 23.1 Å². The van der Waals surface area contributed by atoms with E-state index in [9.17, 15) is 8.78 Å². The van der Waals surface area contributed by atoms with Gasteiger partial charge in [-0.25, -0.2) is 13.8 Å². The molecule has 0 fully saturated rings. The van der Waals surface area contributed by atoms with Crippen LogP contribution in [-0.4, -0.2) is 19.7 Å². The molecule has 0 amide bonds. The summed E-state index contributed by atoms with van der Waals surface area (Å²) in [5, 5.41) is 4.09. The summed E-state index contributed by atoms with van der Waals surface area (Å²) in [6, 6.07) is 4.17. The molecule has 3 aromatic rings. The topological polar surface area (TPSA) is 46.5 Å². The molecular formula is C12H10F2N4. The Morgan fingerprint density at radius 2 is 2.17 bits per heavy atom. The summed E-state index contributed by atoms with van der Waals surface area (Å²) in [5.41, 5.74) is 0.493. The van der Waals surface area contributed by atoms with E-state index in [4.69, 9.17) is 0 Å². The molecule has 3 rings (SSSR count). The summed E-state index contributed by atoms with van der Waals surface area (Å²) in [5.74, 6) is -1.28. The Hall–Kier alpha value is -2.24. The third-order valence-corrected chi connectivity index (χ3v) is 2.88. The van der Waals surface area contributed by atoms with Crippen LogP contribution in [0, 0.1) is 11.6 Å². The fourth-order valence-corrected chi connectivity index (χ4v) is 1.87. The van der Waals surface area contributed by atoms with E-state index in [-0.39, 0.29) is 11.6 Å². The fourth-order valence-electron chi connectivity index (χ4n) is 1.87. The predicted octanol–water partition coefficient (Wildman–Crippen LogP) is 2.65. The third kappa shape index (κ3) is 1.57. The van der Waals surface area contributed by atoms with E-state index in [0.29, 0.717) is 11.3 Å². The Morgan fingerprint density at radius 3 is 2.89 bits per heavy atom. The van der Waals surface area contributed by atoms with E-state index < -0.39 is 11.6 Å². The molecule has 92 valence electrons. The van der Waals surface area contributed by atoms with Gasteiger partial charge in [-0.1, -0.05) is 0 Å². The highest BCUT2D eigenvalue weighted by atomic mass is 19.2. The van der Waals surface area contributed by atoms with Crippen LogP contribution >= 0.6 is 0 Å². The molecule has 0 saturated heterocycles. The van der Waals surface area contributed by atoms with Gasteiger partial charge in [0.2, 0.25) is 0 Å². The van der Waals surface area contributed by atoms with Crippen molar-refractivity contribution >= 4 is 11.0 Å². The molecule has 0 aliphatic rings. The maximum atomic E-state index is 13.5. The van der Waals surface area contributed by atoms with Gasteiger partial charge in [-0.2, -0.15) is 5.10 Å². The van der Waals surface area contributed by atoms with Crippen LogP contribution < -0.4 is 0 Å². The van der Waals surface area contributed by atoms with E-state index >= 15 is 0 Å². The van der Waals surface area contributed by atoms with E-state index in [2.05, 4.69) is 15.1 Å². The first kappa shape index (κ1) is 10.9. The second-order valence-corrected chi connectivity index (χ2v) is 4.04. The van der Waals surface area contributed by atoms with Crippen LogP contribution in [-0.2, 0) is 0 Å². The van der Waals surface area contributed by atoms with E-state index in [1.165, 1.54) is 6.07 Å². The fraction of sp³-hybridized carbons (Fsp3) is 0.167. The first-order valence-electron chi connectivity index (χ1n) is 5.49. The van der Waals surface area contributed by atoms with Gasteiger partial charge in [-0.05, 0) is 25.1 Å². The molecular weight excluding hydrogens is 238 g/mol. The van der Waals surface area contributed by atoms with Gasteiger partial charge in [-0.15, -0.1) is 0 Å². The second-order valence-electron chi connectivity index (χ2n) is 4.04. The van der Waals surface area contributed by atoms with Gasteiger partial charge in [-0.3, -0.25) is 4.68 Å². The molecule has 1 N–H and O–H groups in total. The van der Waals surface area contributed by atoms with Crippen molar-refractivity contribution in [2.24, 2.45) is 0 Å². The van der Waals surface area contributed by atoms with Crippen LogP contribution in [0.1, 0.15) is 18.8 Å². The Labute approximate surface area is 101 Å². The Morgan fingerprint density at radius 1 is 1.33 bits per heavy atom. The van der Waals surface area contributed by atoms with Crippen LogP contribution in [0.5, 0.6) is 0 Å². The summed E-state index contributed by atoms with van der Waals surface area (Å²) < 4.78 is 28.3. The third-order valence-electron chi connectivity index (χ3n) is 2.88. The van der Waals surface area contributed by atoms with Crippen molar-refractivity contribution < 1.29 is 8.78 Å². The molecule has 0 saturated carbocycles. The van der Waals surface area contributed by atoms with E-state index in [1.807, 2.05) is 6.92 Å². The number of benzene rings is 1. The summed E-state index contributed by atoms with van der Waals surface area (Å²) in [7, 11) is 0. The van der Waals surface area contributed by atoms with Crippen LogP contribution in [0.15, 0.2) is 30.6 Å². The lowest BCUT2D eigenvalue weighted by atomic mass is 10.3. The largest absolute Gasteiger partial charge is 0.340 e. The van der Waals surface area contributed by atoms with Gasteiger partial charge in [0, 0.05) is 12.4 Å². The number of hydrogen-bond donors (Lipinski definition) is 1. The Kier molecular flexibility index (Phi) is 2.36. The average Bonchev–Trinajstić information content (AvgIpc) is 3.01. The molecule has 1 unspecified atom stereocenters. The van der Waals surface area contributed by atoms with Crippen LogP contribution in [0.4, 0.5) is 8.78 Å². The van der Waals surface area contributed by atoms with Gasteiger partial charge < -0.3 is 4.98 Å². The minimum absolute atomic E-state index is 0.0176. The summed E-state index contributed by atoms with van der Waals surface area (Å²) in [6.45, 7) is 1.87. The van der Waals surface area contributed by atoms with Crippen molar-refractivity contribution in [3.05, 3.63) is 48.1 Å². The minimum atomic E-state index is -0.928. The summed E-state index contributed by atoms with van der Waals surface area (Å²) in [6.07, 6.45) is 3.44. The summed E-state index contributed by atoms with van der Waals surface area (Å²) in [4.78, 5) is 7.07. The number of hydrogen-bond acceptors (Lipinski definition) is 2. The highest BCUT2D eigenvalue weighted by molar-refractivity contribution is 5.75. The summed E-state index contributed by atoms with van der Waals surface area (Å²) >= 11 is 0. The molecule has 4 nitrogen and oxygen atoms in total. The highest BCUT2D eigenvalue weighted by Gasteiger charge is 2.16. The number of rotatable bonds is 2. The van der Waals surface area contributed by atoms with Crippen molar-refractivity contribution in [1.29, 1.82) is 0 Å². The normalized spacial score (nSPS) is 13.1. The van der Waals surface area contributed by atoms with Crippen LogP contribution in [0.3, 0.4) is 0 Å². The molecule has 0 bridgehead atoms.